The van der Waals surface area contributed by atoms with Gasteiger partial charge in [0.25, 0.3) is 0 Å². The Labute approximate surface area is 124 Å². The number of rotatable bonds is 8. The molecule has 7 heteroatoms. The Hall–Kier alpha value is -0.540. The van der Waals surface area contributed by atoms with Gasteiger partial charge in [0.15, 0.2) is 0 Å². The molecule has 6 atom stereocenters. The summed E-state index contributed by atoms with van der Waals surface area (Å²) in [5, 5.41) is 61.0. The van der Waals surface area contributed by atoms with Crippen molar-refractivity contribution in [2.24, 2.45) is 11.8 Å². The third kappa shape index (κ3) is 8.47. The smallest absolute Gasteiger partial charge is 0.0952 e. The van der Waals surface area contributed by atoms with Crippen LogP contribution >= 0.6 is 0 Å². The van der Waals surface area contributed by atoms with Gasteiger partial charge in [-0.25, -0.2) is 0 Å². The van der Waals surface area contributed by atoms with Crippen LogP contribution in [-0.2, 0) is 0 Å². The predicted octanol–water partition coefficient (Wildman–Crippen LogP) is -2.00. The summed E-state index contributed by atoms with van der Waals surface area (Å²) in [6, 6.07) is 0. The summed E-state index contributed by atoms with van der Waals surface area (Å²) in [5.41, 5.74) is 0. The van der Waals surface area contributed by atoms with E-state index in [9.17, 15) is 5.11 Å². The minimum Gasteiger partial charge on any atom is -0.394 e. The molecule has 1 aliphatic carbocycles. The molecule has 1 aliphatic rings. The summed E-state index contributed by atoms with van der Waals surface area (Å²) < 4.78 is 0. The lowest BCUT2D eigenvalue weighted by molar-refractivity contribution is 0.0584. The predicted molar refractivity (Wildman–Crippen MR) is 76.3 cm³/mol. The second-order valence-corrected chi connectivity index (χ2v) is 5.17. The Kier molecular flexibility index (Phi) is 10.8. The van der Waals surface area contributed by atoms with Gasteiger partial charge in [-0.3, -0.25) is 0 Å². The second-order valence-electron chi connectivity index (χ2n) is 5.17. The van der Waals surface area contributed by atoms with Crippen molar-refractivity contribution in [3.05, 3.63) is 12.2 Å². The average molecular weight is 308 g/mol. The Morgan fingerprint density at radius 2 is 1.24 bits per heavy atom. The van der Waals surface area contributed by atoms with Crippen molar-refractivity contribution in [3.63, 3.8) is 0 Å². The van der Waals surface area contributed by atoms with E-state index in [0.29, 0.717) is 0 Å². The van der Waals surface area contributed by atoms with Crippen LogP contribution < -0.4 is 0 Å². The maximum Gasteiger partial charge on any atom is 0.0952 e. The molecule has 1 fully saturated rings. The van der Waals surface area contributed by atoms with Crippen molar-refractivity contribution >= 4 is 0 Å². The lowest BCUT2D eigenvalue weighted by atomic mass is 10.1. The molecule has 0 amide bonds. The Balaban J connectivity index is 0.000000384. The van der Waals surface area contributed by atoms with E-state index >= 15 is 0 Å². The van der Waals surface area contributed by atoms with E-state index in [-0.39, 0.29) is 37.8 Å². The van der Waals surface area contributed by atoms with Gasteiger partial charge in [-0.15, -0.1) is 0 Å². The van der Waals surface area contributed by atoms with E-state index in [1.807, 2.05) is 6.92 Å². The van der Waals surface area contributed by atoms with E-state index in [4.69, 9.17) is 30.6 Å². The third-order valence-electron chi connectivity index (χ3n) is 3.41. The molecule has 1 rings (SSSR count). The highest BCUT2D eigenvalue weighted by atomic mass is 16.3. The number of hydrogen-bond acceptors (Lipinski definition) is 7. The maximum atomic E-state index is 9.32. The fourth-order valence-electron chi connectivity index (χ4n) is 1.94. The lowest BCUT2D eigenvalue weighted by Crippen LogP contribution is -2.19. The van der Waals surface area contributed by atoms with Crippen molar-refractivity contribution in [3.8, 4) is 0 Å². The molecule has 1 saturated carbocycles. The molecule has 126 valence electrons. The van der Waals surface area contributed by atoms with Crippen molar-refractivity contribution in [2.75, 3.05) is 19.8 Å². The maximum absolute atomic E-state index is 9.32. The average Bonchev–Trinajstić information content (AvgIpc) is 3.31. The number of aliphatic hydroxyl groups excluding tert-OH is 7. The standard InChI is InChI=1S/C8H16O3.C6H12O4/c1-2-7(10)5-3-6(5)8(11)4-9;7-3-5(9)1-2-6(10)4-8/h5-11H,2-4H2,1H3;1-2,5-10H,3-4H2/b;2-1+. The summed E-state index contributed by atoms with van der Waals surface area (Å²) in [7, 11) is 0. The van der Waals surface area contributed by atoms with Crippen LogP contribution in [0.5, 0.6) is 0 Å². The van der Waals surface area contributed by atoms with E-state index < -0.39 is 18.3 Å². The molecule has 7 nitrogen and oxygen atoms in total. The Morgan fingerprint density at radius 3 is 1.57 bits per heavy atom. The van der Waals surface area contributed by atoms with Crippen molar-refractivity contribution in [1.82, 2.24) is 0 Å². The monoisotopic (exact) mass is 308 g/mol. The highest BCUT2D eigenvalue weighted by molar-refractivity contribution is 4.95. The zero-order valence-electron chi connectivity index (χ0n) is 12.3. The SMILES string of the molecule is CCC(O)C1CC1C(O)CO.OCC(O)/C=C/C(O)CO. The number of aliphatic hydroxyl groups is 7. The van der Waals surface area contributed by atoms with E-state index in [2.05, 4.69) is 0 Å². The van der Waals surface area contributed by atoms with Crippen LogP contribution in [0.1, 0.15) is 19.8 Å². The summed E-state index contributed by atoms with van der Waals surface area (Å²) in [6.07, 6.45) is 1.21. The molecule has 0 heterocycles. The first-order valence-electron chi connectivity index (χ1n) is 7.14. The first-order chi connectivity index (χ1) is 9.90. The fraction of sp³-hybridized carbons (Fsp3) is 0.857. The van der Waals surface area contributed by atoms with E-state index in [0.717, 1.165) is 12.8 Å². The van der Waals surface area contributed by atoms with Crippen LogP contribution in [0.2, 0.25) is 0 Å². The highest BCUT2D eigenvalue weighted by Crippen LogP contribution is 2.44. The van der Waals surface area contributed by atoms with Gasteiger partial charge in [-0.05, 0) is 24.7 Å². The van der Waals surface area contributed by atoms with Crippen LogP contribution in [0.25, 0.3) is 0 Å². The van der Waals surface area contributed by atoms with Crippen molar-refractivity contribution in [1.29, 1.82) is 0 Å². The van der Waals surface area contributed by atoms with Crippen LogP contribution in [0.15, 0.2) is 12.2 Å². The zero-order chi connectivity index (χ0) is 16.4. The van der Waals surface area contributed by atoms with Gasteiger partial charge in [-0.1, -0.05) is 19.1 Å². The van der Waals surface area contributed by atoms with Crippen molar-refractivity contribution < 1.29 is 35.7 Å². The lowest BCUT2D eigenvalue weighted by Gasteiger charge is -2.09. The van der Waals surface area contributed by atoms with Crippen LogP contribution in [0, 0.1) is 11.8 Å². The Morgan fingerprint density at radius 1 is 0.810 bits per heavy atom. The molecule has 0 aromatic heterocycles. The molecule has 7 N–H and O–H groups in total. The van der Waals surface area contributed by atoms with Crippen LogP contribution in [0.3, 0.4) is 0 Å². The molecule has 0 aromatic carbocycles. The van der Waals surface area contributed by atoms with Gasteiger partial charge in [-0.2, -0.15) is 0 Å². The molecule has 0 spiro atoms. The third-order valence-corrected chi connectivity index (χ3v) is 3.41. The van der Waals surface area contributed by atoms with Gasteiger partial charge in [0, 0.05) is 0 Å². The molecule has 0 saturated heterocycles. The summed E-state index contributed by atoms with van der Waals surface area (Å²) in [4.78, 5) is 0. The molecule has 0 bridgehead atoms. The largest absolute Gasteiger partial charge is 0.394 e. The molecular formula is C14H28O7. The normalized spacial score (nSPS) is 26.7. The summed E-state index contributed by atoms with van der Waals surface area (Å²) in [6.45, 7) is 0.978. The fourth-order valence-corrected chi connectivity index (χ4v) is 1.94. The quantitative estimate of drug-likeness (QED) is 0.257. The summed E-state index contributed by atoms with van der Waals surface area (Å²) in [5.74, 6) is 0.358. The van der Waals surface area contributed by atoms with Gasteiger partial charge in [0.1, 0.15) is 0 Å². The Bertz CT molecular complexity index is 258. The zero-order valence-corrected chi connectivity index (χ0v) is 12.3. The molecular weight excluding hydrogens is 280 g/mol. The van der Waals surface area contributed by atoms with E-state index in [1.165, 1.54) is 12.2 Å². The molecule has 0 aliphatic heterocycles. The van der Waals surface area contributed by atoms with Crippen LogP contribution in [0.4, 0.5) is 0 Å². The van der Waals surface area contributed by atoms with Gasteiger partial charge >= 0.3 is 0 Å². The summed E-state index contributed by atoms with van der Waals surface area (Å²) >= 11 is 0. The van der Waals surface area contributed by atoms with Gasteiger partial charge < -0.3 is 35.7 Å². The molecule has 0 radical (unpaired) electrons. The van der Waals surface area contributed by atoms with Gasteiger partial charge in [0.05, 0.1) is 44.2 Å². The second kappa shape index (κ2) is 11.1. The topological polar surface area (TPSA) is 142 Å². The minimum absolute atomic E-state index is 0.134. The number of hydrogen-bond donors (Lipinski definition) is 7. The molecule has 21 heavy (non-hydrogen) atoms. The first kappa shape index (κ1) is 20.5. The van der Waals surface area contributed by atoms with Crippen LogP contribution in [-0.4, -0.2) is 80.0 Å². The molecule has 6 unspecified atom stereocenters. The van der Waals surface area contributed by atoms with Gasteiger partial charge in [0.2, 0.25) is 0 Å². The highest BCUT2D eigenvalue weighted by Gasteiger charge is 2.45. The van der Waals surface area contributed by atoms with E-state index in [1.54, 1.807) is 0 Å². The molecule has 0 aromatic rings. The van der Waals surface area contributed by atoms with Crippen molar-refractivity contribution in [2.45, 2.75) is 44.2 Å². The minimum atomic E-state index is -0.957. The first-order valence-corrected chi connectivity index (χ1v) is 7.14.